The first-order chi connectivity index (χ1) is 12.4. The zero-order valence-corrected chi connectivity index (χ0v) is 17.6. The van der Waals surface area contributed by atoms with E-state index in [-0.39, 0.29) is 5.04 Å². The highest BCUT2D eigenvalue weighted by molar-refractivity contribution is 7.04. The molecule has 26 heavy (non-hydrogen) atoms. The molecule has 2 aromatic rings. The van der Waals surface area contributed by atoms with Crippen LogP contribution in [0.3, 0.4) is 0 Å². The number of rotatable bonds is 4. The summed E-state index contributed by atoms with van der Waals surface area (Å²) in [6, 6.07) is 24.4. The lowest BCUT2D eigenvalue weighted by Crippen LogP contribution is -2.66. The molecule has 0 saturated carbocycles. The normalized spacial score (nSPS) is 19.2. The Hall–Kier alpha value is -1.64. The lowest BCUT2D eigenvalue weighted by Gasteiger charge is -2.46. The lowest BCUT2D eigenvalue weighted by molar-refractivity contribution is 0.557. The molecule has 1 aliphatic rings. The van der Waals surface area contributed by atoms with E-state index in [0.717, 1.165) is 13.0 Å². The van der Waals surface area contributed by atoms with Gasteiger partial charge in [0.2, 0.25) is 0 Å². The summed E-state index contributed by atoms with van der Waals surface area (Å²) in [4.78, 5) is 0. The van der Waals surface area contributed by atoms with E-state index in [1.165, 1.54) is 24.5 Å². The standard InChI is InChI=1S/C24H33NSi/c1-20-12-11-17-25-21(18-20)19-26(24(2,3)4,22-13-7-5-8-14-22)23-15-9-6-10-16-23/h5-10,13-16,21,25H,1,11-12,17-19H2,2-4H3. The van der Waals surface area contributed by atoms with E-state index in [4.69, 9.17) is 0 Å². The van der Waals surface area contributed by atoms with Crippen LogP contribution in [0.15, 0.2) is 72.8 Å². The summed E-state index contributed by atoms with van der Waals surface area (Å²) < 4.78 is 0. The minimum atomic E-state index is -1.99. The van der Waals surface area contributed by atoms with Crippen molar-refractivity contribution in [3.63, 3.8) is 0 Å². The second kappa shape index (κ2) is 7.94. The molecule has 138 valence electrons. The van der Waals surface area contributed by atoms with Gasteiger partial charge in [0, 0.05) is 6.04 Å². The first-order valence-corrected chi connectivity index (χ1v) is 12.2. The third-order valence-electron chi connectivity index (χ3n) is 6.04. The minimum Gasteiger partial charge on any atom is -0.314 e. The van der Waals surface area contributed by atoms with Crippen molar-refractivity contribution in [2.45, 2.75) is 57.2 Å². The Morgan fingerprint density at radius 1 is 0.962 bits per heavy atom. The van der Waals surface area contributed by atoms with Gasteiger partial charge in [0.1, 0.15) is 8.07 Å². The molecule has 1 fully saturated rings. The van der Waals surface area contributed by atoms with Crippen molar-refractivity contribution in [1.29, 1.82) is 0 Å². The molecule has 1 heterocycles. The molecule has 0 amide bonds. The molecular weight excluding hydrogens is 330 g/mol. The average molecular weight is 364 g/mol. The van der Waals surface area contributed by atoms with Crippen LogP contribution in [-0.2, 0) is 0 Å². The summed E-state index contributed by atoms with van der Waals surface area (Å²) in [6.07, 6.45) is 3.50. The molecule has 0 spiro atoms. The van der Waals surface area contributed by atoms with Crippen molar-refractivity contribution < 1.29 is 0 Å². The predicted octanol–water partition coefficient (Wildman–Crippen LogP) is 4.75. The highest BCUT2D eigenvalue weighted by Crippen LogP contribution is 2.40. The maximum atomic E-state index is 4.34. The second-order valence-electron chi connectivity index (χ2n) is 8.80. The molecule has 0 aromatic heterocycles. The van der Waals surface area contributed by atoms with Gasteiger partial charge >= 0.3 is 0 Å². The van der Waals surface area contributed by atoms with E-state index in [1.807, 2.05) is 0 Å². The van der Waals surface area contributed by atoms with Crippen molar-refractivity contribution in [3.8, 4) is 0 Å². The van der Waals surface area contributed by atoms with E-state index in [2.05, 4.69) is 93.3 Å². The first kappa shape index (κ1) is 19.1. The SMILES string of the molecule is C=C1CCCNC(C[Si](c2ccccc2)(c2ccccc2)C(C)(C)C)C1. The molecule has 1 nitrogen and oxygen atoms in total. The Kier molecular flexibility index (Phi) is 5.84. The first-order valence-electron chi connectivity index (χ1n) is 9.94. The topological polar surface area (TPSA) is 12.0 Å². The predicted molar refractivity (Wildman–Crippen MR) is 117 cm³/mol. The Morgan fingerprint density at radius 2 is 1.50 bits per heavy atom. The Morgan fingerprint density at radius 3 is 2.00 bits per heavy atom. The molecular formula is C24H33NSi. The molecule has 0 bridgehead atoms. The monoisotopic (exact) mass is 363 g/mol. The Labute approximate surface area is 160 Å². The van der Waals surface area contributed by atoms with Gasteiger partial charge in [-0.05, 0) is 36.9 Å². The van der Waals surface area contributed by atoms with E-state index in [1.54, 1.807) is 10.4 Å². The molecule has 1 aliphatic heterocycles. The van der Waals surface area contributed by atoms with Crippen LogP contribution in [0.1, 0.15) is 40.0 Å². The summed E-state index contributed by atoms with van der Waals surface area (Å²) in [6.45, 7) is 12.8. The third kappa shape index (κ3) is 3.87. The van der Waals surface area contributed by atoms with Crippen LogP contribution in [0.25, 0.3) is 0 Å². The fourth-order valence-corrected chi connectivity index (χ4v) is 10.4. The number of hydrogen-bond acceptors (Lipinski definition) is 1. The van der Waals surface area contributed by atoms with Gasteiger partial charge in [-0.2, -0.15) is 0 Å². The second-order valence-corrected chi connectivity index (χ2v) is 13.7. The van der Waals surface area contributed by atoms with Gasteiger partial charge in [-0.25, -0.2) is 0 Å². The van der Waals surface area contributed by atoms with Gasteiger partial charge in [0.25, 0.3) is 0 Å². The van der Waals surface area contributed by atoms with E-state index in [0.29, 0.717) is 6.04 Å². The zero-order chi connectivity index (χ0) is 18.6. The summed E-state index contributed by atoms with van der Waals surface area (Å²) >= 11 is 0. The Balaban J connectivity index is 2.12. The van der Waals surface area contributed by atoms with Crippen LogP contribution < -0.4 is 15.7 Å². The maximum Gasteiger partial charge on any atom is 0.124 e. The molecule has 1 saturated heterocycles. The molecule has 2 aromatic carbocycles. The minimum absolute atomic E-state index is 0.227. The summed E-state index contributed by atoms with van der Waals surface area (Å²) in [7, 11) is -1.99. The quantitative estimate of drug-likeness (QED) is 0.611. The van der Waals surface area contributed by atoms with Crippen LogP contribution in [0, 0.1) is 0 Å². The number of nitrogens with one attached hydrogen (secondary N) is 1. The van der Waals surface area contributed by atoms with Gasteiger partial charge in [0.05, 0.1) is 0 Å². The summed E-state index contributed by atoms with van der Waals surface area (Å²) in [5.41, 5.74) is 1.41. The fourth-order valence-electron chi connectivity index (χ4n) is 4.70. The van der Waals surface area contributed by atoms with Crippen molar-refractivity contribution in [2.75, 3.05) is 6.54 Å². The highest BCUT2D eigenvalue weighted by Gasteiger charge is 2.48. The summed E-state index contributed by atoms with van der Waals surface area (Å²) in [5.74, 6) is 0. The zero-order valence-electron chi connectivity index (χ0n) is 16.6. The molecule has 1 atom stereocenters. The van der Waals surface area contributed by atoms with Crippen molar-refractivity contribution in [3.05, 3.63) is 72.8 Å². The van der Waals surface area contributed by atoms with Crippen LogP contribution in [0.2, 0.25) is 11.1 Å². The smallest absolute Gasteiger partial charge is 0.124 e. The van der Waals surface area contributed by atoms with Gasteiger partial charge in [-0.3, -0.25) is 0 Å². The average Bonchev–Trinajstić information content (AvgIpc) is 2.84. The maximum absolute atomic E-state index is 4.34. The Bertz CT molecular complexity index is 675. The van der Waals surface area contributed by atoms with Gasteiger partial charge < -0.3 is 5.32 Å². The molecule has 2 heteroatoms. The van der Waals surface area contributed by atoms with Crippen LogP contribution in [0.5, 0.6) is 0 Å². The molecule has 0 aliphatic carbocycles. The van der Waals surface area contributed by atoms with E-state index < -0.39 is 8.07 Å². The van der Waals surface area contributed by atoms with Crippen LogP contribution in [0.4, 0.5) is 0 Å². The van der Waals surface area contributed by atoms with Crippen LogP contribution in [-0.4, -0.2) is 20.7 Å². The lowest BCUT2D eigenvalue weighted by atomic mass is 10.1. The largest absolute Gasteiger partial charge is 0.314 e. The van der Waals surface area contributed by atoms with Gasteiger partial charge in [-0.15, -0.1) is 0 Å². The van der Waals surface area contributed by atoms with Gasteiger partial charge in [-0.1, -0.05) is 104 Å². The van der Waals surface area contributed by atoms with Crippen molar-refractivity contribution >= 4 is 18.4 Å². The molecule has 3 rings (SSSR count). The van der Waals surface area contributed by atoms with Crippen LogP contribution >= 0.6 is 0 Å². The van der Waals surface area contributed by atoms with E-state index >= 15 is 0 Å². The summed E-state index contributed by atoms with van der Waals surface area (Å²) in [5, 5.41) is 7.18. The molecule has 1 N–H and O–H groups in total. The third-order valence-corrected chi connectivity index (χ3v) is 12.3. The number of hydrogen-bond donors (Lipinski definition) is 1. The molecule has 0 radical (unpaired) electrons. The molecule has 1 unspecified atom stereocenters. The van der Waals surface area contributed by atoms with Gasteiger partial charge in [0.15, 0.2) is 0 Å². The van der Waals surface area contributed by atoms with Crippen molar-refractivity contribution in [2.24, 2.45) is 0 Å². The van der Waals surface area contributed by atoms with E-state index in [9.17, 15) is 0 Å². The van der Waals surface area contributed by atoms with Crippen molar-refractivity contribution in [1.82, 2.24) is 5.32 Å². The number of benzene rings is 2. The fraction of sp³-hybridized carbons (Fsp3) is 0.417. The highest BCUT2D eigenvalue weighted by atomic mass is 28.3.